The van der Waals surface area contributed by atoms with Crippen molar-refractivity contribution in [2.45, 2.75) is 19.9 Å². The summed E-state index contributed by atoms with van der Waals surface area (Å²) in [5.74, 6) is 0.184. The summed E-state index contributed by atoms with van der Waals surface area (Å²) in [4.78, 5) is 23.8. The first-order valence-corrected chi connectivity index (χ1v) is 6.34. The van der Waals surface area contributed by atoms with Crippen LogP contribution in [0, 0.1) is 0 Å². The Kier molecular flexibility index (Phi) is 5.83. The summed E-state index contributed by atoms with van der Waals surface area (Å²) in [5, 5.41) is 5.26. The Bertz CT molecular complexity index is 488. The van der Waals surface area contributed by atoms with Gasteiger partial charge in [0, 0.05) is 6.54 Å². The van der Waals surface area contributed by atoms with Gasteiger partial charge in [0.2, 0.25) is 5.91 Å². The summed E-state index contributed by atoms with van der Waals surface area (Å²) in [5.41, 5.74) is 0.322. The number of hydrogen-bond donors (Lipinski definition) is 2. The third kappa shape index (κ3) is 3.63. The number of methoxy groups -OCH3 is 2. The van der Waals surface area contributed by atoms with Crippen molar-refractivity contribution in [3.63, 3.8) is 0 Å². The maximum atomic E-state index is 12.2. The van der Waals surface area contributed by atoms with E-state index in [0.717, 1.165) is 0 Å². The summed E-state index contributed by atoms with van der Waals surface area (Å²) in [6, 6.07) is 4.37. The average Bonchev–Trinajstić information content (AvgIpc) is 2.46. The Balaban J connectivity index is 2.90. The van der Waals surface area contributed by atoms with Crippen LogP contribution in [0.25, 0.3) is 0 Å². The second-order valence-electron chi connectivity index (χ2n) is 4.13. The number of likely N-dealkylation sites (N-methyl/N-ethyl adjacent to an activating group) is 1. The number of benzene rings is 1. The van der Waals surface area contributed by atoms with Gasteiger partial charge < -0.3 is 20.1 Å². The Labute approximate surface area is 118 Å². The molecule has 0 bridgehead atoms. The SMILES string of the molecule is CCNC(=O)C(C)NC(=O)c1cccc(OC)c1OC. The largest absolute Gasteiger partial charge is 0.493 e. The Morgan fingerprint density at radius 1 is 1.25 bits per heavy atom. The van der Waals surface area contributed by atoms with Crippen LogP contribution < -0.4 is 20.1 Å². The lowest BCUT2D eigenvalue weighted by molar-refractivity contribution is -0.122. The molecule has 0 fully saturated rings. The first kappa shape index (κ1) is 15.8. The number of rotatable bonds is 6. The topological polar surface area (TPSA) is 76.7 Å². The van der Waals surface area contributed by atoms with E-state index in [1.54, 1.807) is 25.1 Å². The predicted octanol–water partition coefficient (Wildman–Crippen LogP) is 0.958. The maximum absolute atomic E-state index is 12.2. The number of ether oxygens (including phenoxy) is 2. The lowest BCUT2D eigenvalue weighted by Gasteiger charge is -2.16. The van der Waals surface area contributed by atoms with Gasteiger partial charge >= 0.3 is 0 Å². The summed E-state index contributed by atoms with van der Waals surface area (Å²) in [6.45, 7) is 3.95. The quantitative estimate of drug-likeness (QED) is 0.813. The molecule has 0 aromatic heterocycles. The Hall–Kier alpha value is -2.24. The van der Waals surface area contributed by atoms with Crippen LogP contribution in [0.5, 0.6) is 11.5 Å². The molecule has 0 aliphatic rings. The van der Waals surface area contributed by atoms with Crippen LogP contribution in [-0.4, -0.2) is 38.6 Å². The molecule has 1 aromatic rings. The maximum Gasteiger partial charge on any atom is 0.255 e. The molecule has 0 spiro atoms. The summed E-state index contributed by atoms with van der Waals surface area (Å²) >= 11 is 0. The summed E-state index contributed by atoms with van der Waals surface area (Å²) in [6.07, 6.45) is 0. The molecule has 0 radical (unpaired) electrons. The molecule has 1 rings (SSSR count). The summed E-state index contributed by atoms with van der Waals surface area (Å²) in [7, 11) is 2.96. The van der Waals surface area contributed by atoms with E-state index in [1.165, 1.54) is 14.2 Å². The summed E-state index contributed by atoms with van der Waals surface area (Å²) < 4.78 is 10.3. The number of carbonyl (C=O) groups is 2. The van der Waals surface area contributed by atoms with E-state index in [0.29, 0.717) is 23.6 Å². The number of para-hydroxylation sites is 1. The van der Waals surface area contributed by atoms with Crippen molar-refractivity contribution in [2.75, 3.05) is 20.8 Å². The van der Waals surface area contributed by atoms with Crippen molar-refractivity contribution in [3.8, 4) is 11.5 Å². The molecule has 20 heavy (non-hydrogen) atoms. The lowest BCUT2D eigenvalue weighted by Crippen LogP contribution is -2.44. The fraction of sp³-hybridized carbons (Fsp3) is 0.429. The van der Waals surface area contributed by atoms with Gasteiger partial charge in [-0.25, -0.2) is 0 Å². The normalized spacial score (nSPS) is 11.4. The fourth-order valence-electron chi connectivity index (χ4n) is 1.73. The highest BCUT2D eigenvalue weighted by atomic mass is 16.5. The van der Waals surface area contributed by atoms with Gasteiger partial charge in [0.05, 0.1) is 19.8 Å². The molecule has 0 saturated carbocycles. The predicted molar refractivity (Wildman–Crippen MR) is 75.2 cm³/mol. The molecule has 2 N–H and O–H groups in total. The molecule has 0 aliphatic heterocycles. The van der Waals surface area contributed by atoms with Crippen molar-refractivity contribution in [1.29, 1.82) is 0 Å². The van der Waals surface area contributed by atoms with Crippen LogP contribution >= 0.6 is 0 Å². The zero-order valence-corrected chi connectivity index (χ0v) is 12.1. The minimum atomic E-state index is -0.627. The zero-order chi connectivity index (χ0) is 15.1. The molecule has 0 saturated heterocycles. The van der Waals surface area contributed by atoms with E-state index in [1.807, 2.05) is 6.92 Å². The van der Waals surface area contributed by atoms with Gasteiger partial charge in [-0.1, -0.05) is 6.07 Å². The van der Waals surface area contributed by atoms with Gasteiger partial charge in [-0.2, -0.15) is 0 Å². The molecule has 6 heteroatoms. The smallest absolute Gasteiger partial charge is 0.255 e. The Morgan fingerprint density at radius 2 is 1.95 bits per heavy atom. The molecule has 110 valence electrons. The van der Waals surface area contributed by atoms with Crippen LogP contribution in [-0.2, 0) is 4.79 Å². The van der Waals surface area contributed by atoms with Crippen molar-refractivity contribution in [3.05, 3.63) is 23.8 Å². The van der Waals surface area contributed by atoms with Gasteiger partial charge in [-0.15, -0.1) is 0 Å². The number of carbonyl (C=O) groups excluding carboxylic acids is 2. The van der Waals surface area contributed by atoms with E-state index >= 15 is 0 Å². The molecule has 0 heterocycles. The highest BCUT2D eigenvalue weighted by molar-refractivity contribution is 6.00. The highest BCUT2D eigenvalue weighted by Gasteiger charge is 2.20. The molecule has 0 aliphatic carbocycles. The van der Waals surface area contributed by atoms with E-state index < -0.39 is 6.04 Å². The standard InChI is InChI=1S/C14H20N2O4/c1-5-15-13(17)9(2)16-14(18)10-7-6-8-11(19-3)12(10)20-4/h6-9H,5H2,1-4H3,(H,15,17)(H,16,18). The van der Waals surface area contributed by atoms with E-state index in [9.17, 15) is 9.59 Å². The van der Waals surface area contributed by atoms with Crippen molar-refractivity contribution < 1.29 is 19.1 Å². The zero-order valence-electron chi connectivity index (χ0n) is 12.1. The van der Waals surface area contributed by atoms with Crippen LogP contribution in [0.2, 0.25) is 0 Å². The number of amides is 2. The molecule has 1 atom stereocenters. The third-order valence-electron chi connectivity index (χ3n) is 2.74. The van der Waals surface area contributed by atoms with E-state index in [-0.39, 0.29) is 11.8 Å². The van der Waals surface area contributed by atoms with Crippen molar-refractivity contribution in [1.82, 2.24) is 10.6 Å². The molecule has 1 unspecified atom stereocenters. The van der Waals surface area contributed by atoms with Crippen molar-refractivity contribution >= 4 is 11.8 Å². The first-order valence-electron chi connectivity index (χ1n) is 6.34. The van der Waals surface area contributed by atoms with E-state index in [4.69, 9.17) is 9.47 Å². The van der Waals surface area contributed by atoms with Gasteiger partial charge in [0.1, 0.15) is 6.04 Å². The average molecular weight is 280 g/mol. The number of hydrogen-bond acceptors (Lipinski definition) is 4. The number of nitrogens with one attached hydrogen (secondary N) is 2. The molecule has 1 aromatic carbocycles. The third-order valence-corrected chi connectivity index (χ3v) is 2.74. The fourth-order valence-corrected chi connectivity index (χ4v) is 1.73. The van der Waals surface area contributed by atoms with Crippen LogP contribution in [0.3, 0.4) is 0 Å². The molecular formula is C14H20N2O4. The van der Waals surface area contributed by atoms with Crippen LogP contribution in [0.15, 0.2) is 18.2 Å². The monoisotopic (exact) mass is 280 g/mol. The second kappa shape index (κ2) is 7.37. The second-order valence-corrected chi connectivity index (χ2v) is 4.13. The van der Waals surface area contributed by atoms with Gasteiger partial charge in [-0.05, 0) is 26.0 Å². The molecule has 2 amide bonds. The Morgan fingerprint density at radius 3 is 2.50 bits per heavy atom. The molecule has 6 nitrogen and oxygen atoms in total. The van der Waals surface area contributed by atoms with E-state index in [2.05, 4.69) is 10.6 Å². The minimum Gasteiger partial charge on any atom is -0.493 e. The van der Waals surface area contributed by atoms with Crippen LogP contribution in [0.4, 0.5) is 0 Å². The minimum absolute atomic E-state index is 0.234. The van der Waals surface area contributed by atoms with Gasteiger partial charge in [-0.3, -0.25) is 9.59 Å². The van der Waals surface area contributed by atoms with Crippen molar-refractivity contribution in [2.24, 2.45) is 0 Å². The lowest BCUT2D eigenvalue weighted by atomic mass is 10.1. The molecular weight excluding hydrogens is 260 g/mol. The highest BCUT2D eigenvalue weighted by Crippen LogP contribution is 2.30. The van der Waals surface area contributed by atoms with Crippen LogP contribution in [0.1, 0.15) is 24.2 Å². The van der Waals surface area contributed by atoms with Gasteiger partial charge in [0.15, 0.2) is 11.5 Å². The first-order chi connectivity index (χ1) is 9.54. The van der Waals surface area contributed by atoms with Gasteiger partial charge in [0.25, 0.3) is 5.91 Å².